The van der Waals surface area contributed by atoms with E-state index in [0.717, 1.165) is 0 Å². The Bertz CT molecular complexity index is 1410. The van der Waals surface area contributed by atoms with Gasteiger partial charge in [0.15, 0.2) is 15.0 Å². The molecule has 0 spiro atoms. The van der Waals surface area contributed by atoms with Crippen molar-refractivity contribution in [3.8, 4) is 5.75 Å². The molecule has 0 saturated heterocycles. The molecule has 186 valence electrons. The van der Waals surface area contributed by atoms with Gasteiger partial charge in [-0.2, -0.15) is 0 Å². The molecular formula is C26H23FN2O5S2. The zero-order chi connectivity index (χ0) is 25.5. The number of thiazole rings is 1. The summed E-state index contributed by atoms with van der Waals surface area (Å²) in [5.74, 6) is -2.15. The van der Waals surface area contributed by atoms with E-state index in [9.17, 15) is 22.7 Å². The maximum Gasteiger partial charge on any atom is 0.303 e. The molecule has 7 nitrogen and oxygen atoms in total. The second-order valence-electron chi connectivity index (χ2n) is 8.02. The average Bonchev–Trinajstić information content (AvgIpc) is 3.37. The molecule has 0 aliphatic carbocycles. The molecule has 0 aliphatic rings. The number of sulfone groups is 1. The molecular weight excluding hydrogens is 503 g/mol. The van der Waals surface area contributed by atoms with Gasteiger partial charge in [-0.1, -0.05) is 30.3 Å². The molecule has 0 radical (unpaired) electrons. The Labute approximate surface area is 212 Å². The number of aromatic nitrogens is 1. The van der Waals surface area contributed by atoms with Crippen LogP contribution in [0.1, 0.15) is 23.5 Å². The number of carboxylic acid groups (broad SMARTS) is 1. The minimum Gasteiger partial charge on any atom is -0.489 e. The lowest BCUT2D eigenvalue weighted by Crippen LogP contribution is -2.18. The van der Waals surface area contributed by atoms with E-state index in [1.165, 1.54) is 41.7 Å². The molecule has 0 aliphatic heterocycles. The van der Waals surface area contributed by atoms with Gasteiger partial charge in [0.25, 0.3) is 0 Å². The van der Waals surface area contributed by atoms with Crippen molar-refractivity contribution < 1.29 is 27.4 Å². The van der Waals surface area contributed by atoms with Crippen LogP contribution in [0.4, 0.5) is 15.2 Å². The fraction of sp³-hybridized carbons (Fsp3) is 0.154. The first kappa shape index (κ1) is 25.3. The van der Waals surface area contributed by atoms with Crippen molar-refractivity contribution in [1.82, 2.24) is 4.98 Å². The van der Waals surface area contributed by atoms with Gasteiger partial charge in [0.1, 0.15) is 18.2 Å². The van der Waals surface area contributed by atoms with Gasteiger partial charge < -0.3 is 15.2 Å². The lowest BCUT2D eigenvalue weighted by atomic mass is 9.98. The van der Waals surface area contributed by atoms with E-state index in [4.69, 9.17) is 4.74 Å². The Balaban J connectivity index is 1.43. The molecule has 1 unspecified atom stereocenters. The number of anilines is 2. The summed E-state index contributed by atoms with van der Waals surface area (Å²) in [6.07, 6.45) is 1.37. The molecule has 1 aromatic heterocycles. The summed E-state index contributed by atoms with van der Waals surface area (Å²) in [4.78, 5) is 15.5. The van der Waals surface area contributed by atoms with E-state index in [2.05, 4.69) is 10.3 Å². The fourth-order valence-electron chi connectivity index (χ4n) is 3.65. The molecule has 2 N–H and O–H groups in total. The van der Waals surface area contributed by atoms with Crippen molar-refractivity contribution in [2.45, 2.75) is 23.8 Å². The van der Waals surface area contributed by atoms with E-state index in [1.807, 2.05) is 5.38 Å². The number of aliphatic carboxylic acids is 1. The second-order valence-corrected chi connectivity index (χ2v) is 10.9. The van der Waals surface area contributed by atoms with Gasteiger partial charge in [0.05, 0.1) is 17.1 Å². The van der Waals surface area contributed by atoms with Crippen molar-refractivity contribution in [3.63, 3.8) is 0 Å². The number of carboxylic acids is 1. The van der Waals surface area contributed by atoms with Crippen molar-refractivity contribution in [1.29, 1.82) is 0 Å². The number of carbonyl (C=O) groups is 1. The highest BCUT2D eigenvalue weighted by Crippen LogP contribution is 2.27. The first-order valence-electron chi connectivity index (χ1n) is 11.0. The Hall–Kier alpha value is -3.76. The first-order valence-corrected chi connectivity index (χ1v) is 13.5. The lowest BCUT2D eigenvalue weighted by molar-refractivity contribution is -0.137. The molecule has 0 fully saturated rings. The fourth-order valence-corrected chi connectivity index (χ4v) is 5.78. The summed E-state index contributed by atoms with van der Waals surface area (Å²) in [5.41, 5.74) is 1.64. The normalized spacial score (nSPS) is 12.1. The highest BCUT2D eigenvalue weighted by atomic mass is 32.2. The van der Waals surface area contributed by atoms with Crippen LogP contribution in [0.3, 0.4) is 0 Å². The number of rotatable bonds is 11. The predicted molar refractivity (Wildman–Crippen MR) is 136 cm³/mol. The molecule has 1 heterocycles. The van der Waals surface area contributed by atoms with E-state index in [-0.39, 0.29) is 23.7 Å². The number of benzene rings is 3. The number of halogens is 1. The minimum absolute atomic E-state index is 0.0555. The van der Waals surface area contributed by atoms with E-state index >= 15 is 0 Å². The molecule has 3 aromatic carbocycles. The zero-order valence-electron chi connectivity index (χ0n) is 19.0. The Morgan fingerprint density at radius 2 is 1.83 bits per heavy atom. The summed E-state index contributed by atoms with van der Waals surface area (Å²) in [7, 11) is -3.77. The monoisotopic (exact) mass is 526 g/mol. The number of nitrogens with one attached hydrogen (secondary N) is 1. The van der Waals surface area contributed by atoms with E-state index in [0.29, 0.717) is 27.7 Å². The largest absolute Gasteiger partial charge is 0.489 e. The summed E-state index contributed by atoms with van der Waals surface area (Å²) in [5, 5.41) is 14.9. The molecule has 0 saturated carbocycles. The maximum absolute atomic E-state index is 14.3. The molecule has 4 aromatic rings. The number of hydrogen-bond donors (Lipinski definition) is 2. The second kappa shape index (κ2) is 11.3. The van der Waals surface area contributed by atoms with Crippen LogP contribution in [0.5, 0.6) is 5.75 Å². The van der Waals surface area contributed by atoms with E-state index in [1.54, 1.807) is 48.7 Å². The van der Waals surface area contributed by atoms with Gasteiger partial charge >= 0.3 is 5.97 Å². The van der Waals surface area contributed by atoms with Crippen LogP contribution in [0.15, 0.2) is 89.3 Å². The summed E-state index contributed by atoms with van der Waals surface area (Å²) < 4.78 is 46.0. The van der Waals surface area contributed by atoms with Gasteiger partial charge in [-0.3, -0.25) is 4.79 Å². The van der Waals surface area contributed by atoms with Gasteiger partial charge in [-0.15, -0.1) is 11.3 Å². The topological polar surface area (TPSA) is 106 Å². The van der Waals surface area contributed by atoms with Crippen LogP contribution >= 0.6 is 11.3 Å². The molecule has 0 amide bonds. The molecule has 10 heteroatoms. The summed E-state index contributed by atoms with van der Waals surface area (Å²) >= 11 is 1.42. The van der Waals surface area contributed by atoms with Crippen molar-refractivity contribution in [2.24, 2.45) is 0 Å². The lowest BCUT2D eigenvalue weighted by Gasteiger charge is -2.16. The number of ether oxygens (including phenoxy) is 1. The summed E-state index contributed by atoms with van der Waals surface area (Å²) in [6.45, 7) is -0.0555. The number of nitrogens with zero attached hydrogens (tertiary/aromatic N) is 1. The first-order chi connectivity index (χ1) is 17.3. The molecule has 1 atom stereocenters. The van der Waals surface area contributed by atoms with E-state index < -0.39 is 27.5 Å². The SMILES string of the molecule is O=C(O)CC(CS(=O)(=O)c1ccc(OCc2cc(Nc3nccs3)ccc2F)cc1)c1ccccc1. The van der Waals surface area contributed by atoms with Crippen LogP contribution < -0.4 is 10.1 Å². The van der Waals surface area contributed by atoms with Crippen molar-refractivity contribution in [2.75, 3.05) is 11.1 Å². The Morgan fingerprint density at radius 3 is 2.50 bits per heavy atom. The maximum atomic E-state index is 14.3. The van der Waals surface area contributed by atoms with Gasteiger partial charge in [0.2, 0.25) is 0 Å². The van der Waals surface area contributed by atoms with Gasteiger partial charge in [0, 0.05) is 28.7 Å². The van der Waals surface area contributed by atoms with Crippen LogP contribution in [0.2, 0.25) is 0 Å². The van der Waals surface area contributed by atoms with Crippen LogP contribution in [0.25, 0.3) is 0 Å². The highest BCUT2D eigenvalue weighted by Gasteiger charge is 2.25. The Kier molecular flexibility index (Phi) is 7.97. The Morgan fingerprint density at radius 1 is 1.08 bits per heavy atom. The highest BCUT2D eigenvalue weighted by molar-refractivity contribution is 7.91. The molecule has 0 bridgehead atoms. The predicted octanol–water partition coefficient (Wildman–Crippen LogP) is 5.64. The van der Waals surface area contributed by atoms with Crippen LogP contribution in [0, 0.1) is 5.82 Å². The van der Waals surface area contributed by atoms with Crippen molar-refractivity contribution >= 4 is 38.0 Å². The van der Waals surface area contributed by atoms with Gasteiger partial charge in [-0.05, 0) is 48.0 Å². The molecule has 4 rings (SSSR count). The van der Waals surface area contributed by atoms with Crippen LogP contribution in [-0.2, 0) is 21.2 Å². The third-order valence-electron chi connectivity index (χ3n) is 5.42. The third kappa shape index (κ3) is 6.67. The minimum atomic E-state index is -3.77. The quantitative estimate of drug-likeness (QED) is 0.261. The average molecular weight is 527 g/mol. The molecule has 36 heavy (non-hydrogen) atoms. The zero-order valence-corrected chi connectivity index (χ0v) is 20.6. The van der Waals surface area contributed by atoms with Crippen LogP contribution in [-0.4, -0.2) is 30.2 Å². The number of hydrogen-bond acceptors (Lipinski definition) is 7. The summed E-state index contributed by atoms with van der Waals surface area (Å²) in [6, 6.07) is 19.1. The standard InChI is InChI=1S/C26H23FN2O5S2/c27-24-11-6-21(29-26-28-12-13-35-26)14-19(24)16-34-22-7-9-23(10-8-22)36(32,33)17-20(15-25(30)31)18-4-2-1-3-5-18/h1-14,20H,15-17H2,(H,28,29)(H,30,31). The third-order valence-corrected chi connectivity index (χ3v) is 7.94. The van der Waals surface area contributed by atoms with Crippen molar-refractivity contribution in [3.05, 3.63) is 101 Å². The smallest absolute Gasteiger partial charge is 0.303 e. The van der Waals surface area contributed by atoms with Gasteiger partial charge in [-0.25, -0.2) is 17.8 Å².